The molecule has 17 heavy (non-hydrogen) atoms. The highest BCUT2D eigenvalue weighted by molar-refractivity contribution is 6.33. The van der Waals surface area contributed by atoms with E-state index in [1.165, 1.54) is 0 Å². The van der Waals surface area contributed by atoms with Crippen LogP contribution in [0.5, 0.6) is 0 Å². The van der Waals surface area contributed by atoms with Crippen molar-refractivity contribution in [3.8, 4) is 0 Å². The smallest absolute Gasteiger partial charge is 0.253 e. The van der Waals surface area contributed by atoms with Crippen molar-refractivity contribution in [1.29, 1.82) is 0 Å². The van der Waals surface area contributed by atoms with Gasteiger partial charge < -0.3 is 5.32 Å². The largest absolute Gasteiger partial charge is 0.347 e. The number of rotatable bonds is 3. The third-order valence-electron chi connectivity index (χ3n) is 3.96. The summed E-state index contributed by atoms with van der Waals surface area (Å²) >= 11 is 0. The van der Waals surface area contributed by atoms with Crippen LogP contribution in [0, 0.1) is 5.92 Å². The van der Waals surface area contributed by atoms with Crippen LogP contribution in [0.4, 0.5) is 5.69 Å². The van der Waals surface area contributed by atoms with Gasteiger partial charge in [-0.05, 0) is 31.2 Å². The van der Waals surface area contributed by atoms with Gasteiger partial charge in [0.25, 0.3) is 5.91 Å². The van der Waals surface area contributed by atoms with E-state index < -0.39 is 0 Å². The average molecular weight is 230 g/mol. The van der Waals surface area contributed by atoms with E-state index in [-0.39, 0.29) is 11.4 Å². The summed E-state index contributed by atoms with van der Waals surface area (Å²) in [6.45, 7) is 0. The van der Waals surface area contributed by atoms with Crippen LogP contribution in [-0.4, -0.2) is 24.5 Å². The van der Waals surface area contributed by atoms with Gasteiger partial charge in [-0.1, -0.05) is 17.6 Å². The van der Waals surface area contributed by atoms with Gasteiger partial charge in [-0.2, -0.15) is 0 Å². The van der Waals surface area contributed by atoms with Crippen molar-refractivity contribution in [1.82, 2.24) is 5.32 Å². The molecule has 3 fully saturated rings. The lowest BCUT2D eigenvalue weighted by Gasteiger charge is -2.61. The lowest BCUT2D eigenvalue weighted by atomic mass is 9.50. The van der Waals surface area contributed by atoms with E-state index in [1.54, 1.807) is 12.1 Å². The Morgan fingerprint density at radius 1 is 1.41 bits per heavy atom. The minimum Gasteiger partial charge on any atom is -0.347 e. The highest BCUT2D eigenvalue weighted by Gasteiger charge is 2.57. The van der Waals surface area contributed by atoms with Crippen molar-refractivity contribution >= 4 is 24.9 Å². The number of amides is 1. The first-order chi connectivity index (χ1) is 8.12. The molecule has 1 amide bonds. The Bertz CT molecular complexity index is 472. The van der Waals surface area contributed by atoms with E-state index in [4.69, 9.17) is 5.21 Å². The predicted molar refractivity (Wildman–Crippen MR) is 67.6 cm³/mol. The van der Waals surface area contributed by atoms with Gasteiger partial charge in [0.1, 0.15) is 7.85 Å². The van der Waals surface area contributed by atoms with E-state index >= 15 is 0 Å². The van der Waals surface area contributed by atoms with Gasteiger partial charge in [0, 0.05) is 5.54 Å². The third kappa shape index (κ3) is 1.62. The summed E-state index contributed by atoms with van der Waals surface area (Å²) in [4.78, 5) is 12.1. The molecule has 1 aromatic rings. The normalized spacial score (nSPS) is 28.9. The van der Waals surface area contributed by atoms with Crippen LogP contribution in [0.25, 0.3) is 0 Å². The number of carbonyl (C=O) groups is 1. The third-order valence-corrected chi connectivity index (χ3v) is 3.96. The first-order valence-electron chi connectivity index (χ1n) is 5.95. The molecule has 4 nitrogen and oxygen atoms in total. The van der Waals surface area contributed by atoms with E-state index in [0.717, 1.165) is 30.6 Å². The fraction of sp³-hybridized carbons (Fsp3) is 0.417. The maximum atomic E-state index is 12.1. The van der Waals surface area contributed by atoms with Crippen molar-refractivity contribution < 1.29 is 10.0 Å². The first-order valence-corrected chi connectivity index (χ1v) is 5.95. The van der Waals surface area contributed by atoms with Crippen LogP contribution < -0.4 is 16.3 Å². The second-order valence-corrected chi connectivity index (χ2v) is 5.37. The molecule has 5 heteroatoms. The Morgan fingerprint density at radius 3 is 2.65 bits per heavy atom. The molecule has 0 saturated heterocycles. The fourth-order valence-electron chi connectivity index (χ4n) is 2.88. The van der Waals surface area contributed by atoms with Crippen LogP contribution in [0.2, 0.25) is 0 Å². The lowest BCUT2D eigenvalue weighted by molar-refractivity contribution is -0.0438. The second kappa shape index (κ2) is 3.50. The van der Waals surface area contributed by atoms with Crippen molar-refractivity contribution in [3.63, 3.8) is 0 Å². The number of carbonyl (C=O) groups excluding carboxylic acids is 1. The number of benzene rings is 1. The average Bonchev–Trinajstić information content (AvgIpc) is 2.21. The summed E-state index contributed by atoms with van der Waals surface area (Å²) in [5.74, 6) is 0.742. The zero-order valence-electron chi connectivity index (χ0n) is 9.79. The van der Waals surface area contributed by atoms with Gasteiger partial charge >= 0.3 is 0 Å². The van der Waals surface area contributed by atoms with Gasteiger partial charge in [0.05, 0.1) is 11.3 Å². The molecule has 3 aliphatic rings. The highest BCUT2D eigenvalue weighted by Crippen LogP contribution is 2.57. The minimum absolute atomic E-state index is 0.0677. The van der Waals surface area contributed by atoms with Crippen LogP contribution >= 0.6 is 0 Å². The monoisotopic (exact) mass is 230 g/mol. The van der Waals surface area contributed by atoms with Gasteiger partial charge in [-0.25, -0.2) is 0 Å². The topological polar surface area (TPSA) is 61.4 Å². The Labute approximate surface area is 101 Å². The second-order valence-electron chi connectivity index (χ2n) is 5.37. The van der Waals surface area contributed by atoms with Gasteiger partial charge in [-0.3, -0.25) is 15.5 Å². The van der Waals surface area contributed by atoms with Gasteiger partial charge in [0.15, 0.2) is 0 Å². The van der Waals surface area contributed by atoms with Crippen molar-refractivity contribution in [3.05, 3.63) is 23.8 Å². The summed E-state index contributed by atoms with van der Waals surface area (Å²) in [6.07, 6.45) is 3.35. The molecule has 3 saturated carbocycles. The molecular formula is C12H15BN2O2. The number of nitrogens with one attached hydrogen (secondary N) is 2. The number of anilines is 1. The van der Waals surface area contributed by atoms with Crippen molar-refractivity contribution in [2.24, 2.45) is 5.92 Å². The van der Waals surface area contributed by atoms with Crippen LogP contribution in [0.1, 0.15) is 29.6 Å². The Kier molecular flexibility index (Phi) is 2.19. The maximum Gasteiger partial charge on any atom is 0.253 e. The summed E-state index contributed by atoms with van der Waals surface area (Å²) in [5.41, 5.74) is 4.12. The van der Waals surface area contributed by atoms with E-state index in [2.05, 4.69) is 10.8 Å². The zero-order chi connectivity index (χ0) is 12.0. The van der Waals surface area contributed by atoms with Crippen molar-refractivity contribution in [2.75, 3.05) is 5.48 Å². The molecular weight excluding hydrogens is 215 g/mol. The lowest BCUT2D eigenvalue weighted by Crippen LogP contribution is -2.68. The van der Waals surface area contributed by atoms with Crippen molar-refractivity contribution in [2.45, 2.75) is 24.8 Å². The molecule has 4 rings (SSSR count). The highest BCUT2D eigenvalue weighted by atomic mass is 16.5. The molecule has 0 radical (unpaired) electrons. The maximum absolute atomic E-state index is 12.1. The zero-order valence-corrected chi connectivity index (χ0v) is 9.79. The van der Waals surface area contributed by atoms with E-state index in [0.29, 0.717) is 11.3 Å². The van der Waals surface area contributed by atoms with Gasteiger partial charge in [0.2, 0.25) is 0 Å². The molecule has 0 spiro atoms. The van der Waals surface area contributed by atoms with E-state index in [9.17, 15) is 4.79 Å². The SMILES string of the molecule is Bc1ccc(NO)c(C(=O)NC23CC(C2)C3)c1. The van der Waals surface area contributed by atoms with Crippen LogP contribution in [-0.2, 0) is 0 Å². The molecule has 88 valence electrons. The first kappa shape index (κ1) is 10.7. The quantitative estimate of drug-likeness (QED) is 0.507. The van der Waals surface area contributed by atoms with Crippen LogP contribution in [0.3, 0.4) is 0 Å². The summed E-state index contributed by atoms with van der Waals surface area (Å²) in [6, 6.07) is 5.36. The molecule has 3 N–H and O–H groups in total. The molecule has 2 bridgehead atoms. The molecule has 0 heterocycles. The van der Waals surface area contributed by atoms with Crippen LogP contribution in [0.15, 0.2) is 18.2 Å². The molecule has 0 aromatic heterocycles. The fourth-order valence-corrected chi connectivity index (χ4v) is 2.88. The molecule has 1 aromatic carbocycles. The van der Waals surface area contributed by atoms with E-state index in [1.807, 2.05) is 13.9 Å². The summed E-state index contributed by atoms with van der Waals surface area (Å²) in [5, 5.41) is 12.1. The summed E-state index contributed by atoms with van der Waals surface area (Å²) < 4.78 is 0. The molecule has 0 unspecified atom stereocenters. The van der Waals surface area contributed by atoms with Gasteiger partial charge in [-0.15, -0.1) is 0 Å². The Morgan fingerprint density at radius 2 is 2.12 bits per heavy atom. The summed E-state index contributed by atoms with van der Waals surface area (Å²) in [7, 11) is 1.93. The number of hydrogen-bond acceptors (Lipinski definition) is 3. The number of hydrogen-bond donors (Lipinski definition) is 3. The molecule has 0 atom stereocenters. The molecule has 0 aliphatic heterocycles. The molecule has 3 aliphatic carbocycles. The standard InChI is InChI=1S/C12H15BN2O2/c13-8-1-2-10(15-17)9(3-8)11(16)14-12-4-7(5-12)6-12/h1-3,7,15,17H,4-6,13H2,(H,14,16). The minimum atomic E-state index is -0.0941. The predicted octanol–water partition coefficient (Wildman–Crippen LogP) is 0.0284. The Hall–Kier alpha value is -1.49. The Balaban J connectivity index is 1.82.